The average molecular weight is 310 g/mol. The van der Waals surface area contributed by atoms with Gasteiger partial charge in [0.25, 0.3) is 0 Å². The van der Waals surface area contributed by atoms with Crippen LogP contribution in [-0.2, 0) is 6.42 Å². The number of carboxylic acids is 1. The third kappa shape index (κ3) is 2.94. The van der Waals surface area contributed by atoms with Gasteiger partial charge in [0.2, 0.25) is 0 Å². The summed E-state index contributed by atoms with van der Waals surface area (Å²) in [6.45, 7) is 0. The molecule has 1 aromatic heterocycles. The van der Waals surface area contributed by atoms with Crippen molar-refractivity contribution in [2.75, 3.05) is 7.11 Å². The first-order valence-corrected chi connectivity index (χ1v) is 6.99. The van der Waals surface area contributed by atoms with Crippen LogP contribution >= 0.6 is 0 Å². The maximum absolute atomic E-state index is 12.5. The highest BCUT2D eigenvalue weighted by Gasteiger charge is 2.09. The molecule has 5 heteroatoms. The van der Waals surface area contributed by atoms with E-state index in [1.54, 1.807) is 37.4 Å². The largest absolute Gasteiger partial charge is 0.497 e. The third-order valence-electron chi connectivity index (χ3n) is 3.65. The molecule has 0 spiro atoms. The second-order valence-electron chi connectivity index (χ2n) is 5.13. The summed E-state index contributed by atoms with van der Waals surface area (Å²) < 4.78 is 10.6. The zero-order valence-corrected chi connectivity index (χ0v) is 12.4. The van der Waals surface area contributed by atoms with Crippen molar-refractivity contribution in [3.05, 3.63) is 75.6 Å². The van der Waals surface area contributed by atoms with E-state index in [1.165, 1.54) is 18.4 Å². The number of aromatic carboxylic acids is 1. The molecular formula is C18H14O5. The van der Waals surface area contributed by atoms with Crippen LogP contribution in [0.3, 0.4) is 0 Å². The Kier molecular flexibility index (Phi) is 3.85. The standard InChI is InChI=1S/C18H14O5/c1-22-14-6-7-15-16(9-14)23-10-13(17(15)19)8-11-2-4-12(5-3-11)18(20)21/h2-7,9-10H,8H2,1H3,(H,20,21). The lowest BCUT2D eigenvalue weighted by molar-refractivity contribution is 0.0697. The lowest BCUT2D eigenvalue weighted by Crippen LogP contribution is -2.09. The van der Waals surface area contributed by atoms with Gasteiger partial charge in [-0.2, -0.15) is 0 Å². The highest BCUT2D eigenvalue weighted by Crippen LogP contribution is 2.19. The monoisotopic (exact) mass is 310 g/mol. The smallest absolute Gasteiger partial charge is 0.335 e. The number of methoxy groups -OCH3 is 1. The van der Waals surface area contributed by atoms with Crippen LogP contribution in [0.5, 0.6) is 5.75 Å². The van der Waals surface area contributed by atoms with Crippen LogP contribution in [0.25, 0.3) is 11.0 Å². The second-order valence-corrected chi connectivity index (χ2v) is 5.13. The molecule has 1 heterocycles. The Morgan fingerprint density at radius 3 is 2.57 bits per heavy atom. The molecule has 0 aliphatic heterocycles. The molecule has 2 aromatic carbocycles. The van der Waals surface area contributed by atoms with Gasteiger partial charge in [-0.05, 0) is 29.8 Å². The van der Waals surface area contributed by atoms with Gasteiger partial charge in [-0.25, -0.2) is 4.79 Å². The van der Waals surface area contributed by atoms with E-state index in [-0.39, 0.29) is 11.0 Å². The van der Waals surface area contributed by atoms with Gasteiger partial charge in [-0.1, -0.05) is 12.1 Å². The van der Waals surface area contributed by atoms with Crippen LogP contribution in [0, 0.1) is 0 Å². The first-order chi connectivity index (χ1) is 11.1. The van der Waals surface area contributed by atoms with Gasteiger partial charge < -0.3 is 14.3 Å². The van der Waals surface area contributed by atoms with Crippen LogP contribution < -0.4 is 10.2 Å². The number of rotatable bonds is 4. The summed E-state index contributed by atoms with van der Waals surface area (Å²) in [6, 6.07) is 11.5. The first kappa shape index (κ1) is 14.8. The number of hydrogen-bond acceptors (Lipinski definition) is 4. The summed E-state index contributed by atoms with van der Waals surface area (Å²) in [5.41, 5.74) is 1.95. The molecule has 0 aliphatic rings. The SMILES string of the molecule is COc1ccc2c(=O)c(Cc3ccc(C(=O)O)cc3)coc2c1. The fourth-order valence-corrected chi connectivity index (χ4v) is 2.38. The molecule has 0 saturated carbocycles. The lowest BCUT2D eigenvalue weighted by Gasteiger charge is -2.05. The maximum Gasteiger partial charge on any atom is 0.335 e. The Labute approximate surface area is 131 Å². The Morgan fingerprint density at radius 2 is 1.91 bits per heavy atom. The molecular weight excluding hydrogens is 296 g/mol. The van der Waals surface area contributed by atoms with Crippen molar-refractivity contribution in [2.24, 2.45) is 0 Å². The van der Waals surface area contributed by atoms with Crippen molar-refractivity contribution in [3.63, 3.8) is 0 Å². The maximum atomic E-state index is 12.5. The molecule has 0 radical (unpaired) electrons. The quantitative estimate of drug-likeness (QED) is 0.801. The minimum Gasteiger partial charge on any atom is -0.497 e. The average Bonchev–Trinajstić information content (AvgIpc) is 2.57. The molecule has 1 N–H and O–H groups in total. The number of ether oxygens (including phenoxy) is 1. The molecule has 116 valence electrons. The molecule has 0 unspecified atom stereocenters. The first-order valence-electron chi connectivity index (χ1n) is 6.99. The van der Waals surface area contributed by atoms with Crippen LogP contribution in [0.4, 0.5) is 0 Å². The van der Waals surface area contributed by atoms with Crippen molar-refractivity contribution in [1.82, 2.24) is 0 Å². The molecule has 5 nitrogen and oxygen atoms in total. The van der Waals surface area contributed by atoms with Gasteiger partial charge in [0.1, 0.15) is 11.3 Å². The van der Waals surface area contributed by atoms with Gasteiger partial charge in [-0.15, -0.1) is 0 Å². The van der Waals surface area contributed by atoms with E-state index in [0.29, 0.717) is 28.7 Å². The second kappa shape index (κ2) is 5.96. The Balaban J connectivity index is 1.95. The normalized spacial score (nSPS) is 10.7. The molecule has 0 fully saturated rings. The topological polar surface area (TPSA) is 76.7 Å². The van der Waals surface area contributed by atoms with Crippen LogP contribution in [0.15, 0.2) is 57.9 Å². The molecule has 3 rings (SSSR count). The number of carboxylic acid groups (broad SMARTS) is 1. The summed E-state index contributed by atoms with van der Waals surface area (Å²) in [5.74, 6) is -0.353. The summed E-state index contributed by atoms with van der Waals surface area (Å²) in [6.07, 6.45) is 1.82. The number of hydrogen-bond donors (Lipinski definition) is 1. The van der Waals surface area contributed by atoms with E-state index >= 15 is 0 Å². The predicted octanol–water partition coefficient (Wildman–Crippen LogP) is 3.09. The molecule has 0 saturated heterocycles. The Hall–Kier alpha value is -3.08. The van der Waals surface area contributed by atoms with Crippen molar-refractivity contribution in [1.29, 1.82) is 0 Å². The highest BCUT2D eigenvalue weighted by atomic mass is 16.5. The zero-order chi connectivity index (χ0) is 16.4. The molecule has 23 heavy (non-hydrogen) atoms. The lowest BCUT2D eigenvalue weighted by atomic mass is 10.0. The molecule has 0 bridgehead atoms. The highest BCUT2D eigenvalue weighted by molar-refractivity contribution is 5.87. The van der Waals surface area contributed by atoms with Crippen molar-refractivity contribution in [2.45, 2.75) is 6.42 Å². The van der Waals surface area contributed by atoms with Gasteiger partial charge in [-0.3, -0.25) is 4.79 Å². The van der Waals surface area contributed by atoms with Gasteiger partial charge in [0, 0.05) is 18.1 Å². The van der Waals surface area contributed by atoms with Gasteiger partial charge in [0.05, 0.1) is 24.3 Å². The van der Waals surface area contributed by atoms with Crippen LogP contribution in [-0.4, -0.2) is 18.2 Å². The number of benzene rings is 2. The fraction of sp³-hybridized carbons (Fsp3) is 0.111. The Bertz CT molecular complexity index is 922. The van der Waals surface area contributed by atoms with Crippen molar-refractivity contribution >= 4 is 16.9 Å². The predicted molar refractivity (Wildman–Crippen MR) is 85.2 cm³/mol. The van der Waals surface area contributed by atoms with E-state index < -0.39 is 5.97 Å². The van der Waals surface area contributed by atoms with Crippen molar-refractivity contribution in [3.8, 4) is 5.75 Å². The third-order valence-corrected chi connectivity index (χ3v) is 3.65. The Morgan fingerprint density at radius 1 is 1.17 bits per heavy atom. The molecule has 0 amide bonds. The molecule has 0 atom stereocenters. The van der Waals surface area contributed by atoms with Gasteiger partial charge >= 0.3 is 5.97 Å². The summed E-state index contributed by atoms with van der Waals surface area (Å²) in [5, 5.41) is 9.39. The molecule has 0 aliphatic carbocycles. The summed E-state index contributed by atoms with van der Waals surface area (Å²) in [4.78, 5) is 23.4. The van der Waals surface area contributed by atoms with E-state index in [1.807, 2.05) is 0 Å². The van der Waals surface area contributed by atoms with E-state index in [9.17, 15) is 9.59 Å². The van der Waals surface area contributed by atoms with Gasteiger partial charge in [0.15, 0.2) is 5.43 Å². The minimum atomic E-state index is -0.976. The van der Waals surface area contributed by atoms with Crippen LogP contribution in [0.2, 0.25) is 0 Å². The zero-order valence-electron chi connectivity index (χ0n) is 12.4. The van der Waals surface area contributed by atoms with E-state index in [0.717, 1.165) is 5.56 Å². The summed E-state index contributed by atoms with van der Waals surface area (Å²) >= 11 is 0. The number of carbonyl (C=O) groups is 1. The van der Waals surface area contributed by atoms with E-state index in [2.05, 4.69) is 0 Å². The van der Waals surface area contributed by atoms with Crippen molar-refractivity contribution < 1.29 is 19.1 Å². The summed E-state index contributed by atoms with van der Waals surface area (Å²) in [7, 11) is 1.55. The minimum absolute atomic E-state index is 0.101. The van der Waals surface area contributed by atoms with Crippen LogP contribution in [0.1, 0.15) is 21.5 Å². The number of fused-ring (bicyclic) bond motifs is 1. The molecule has 3 aromatic rings. The van der Waals surface area contributed by atoms with E-state index in [4.69, 9.17) is 14.3 Å². The fourth-order valence-electron chi connectivity index (χ4n) is 2.38.